The Kier molecular flexibility index (Phi) is 6.41. The fourth-order valence-corrected chi connectivity index (χ4v) is 4.75. The summed E-state index contributed by atoms with van der Waals surface area (Å²) in [6, 6.07) is 15.8. The Balaban J connectivity index is 1.47. The smallest absolute Gasteiger partial charge is 0.278 e. The molecule has 0 radical (unpaired) electrons. The number of nitrogens with zero attached hydrogens (tertiary/aromatic N) is 3. The van der Waals surface area contributed by atoms with Crippen molar-refractivity contribution >= 4 is 39.7 Å². The molecule has 1 aliphatic heterocycles. The molecule has 33 heavy (non-hydrogen) atoms. The van der Waals surface area contributed by atoms with E-state index in [1.165, 1.54) is 42.7 Å². The summed E-state index contributed by atoms with van der Waals surface area (Å²) in [6.07, 6.45) is 6.74. The number of aromatic amines is 1. The number of anilines is 2. The van der Waals surface area contributed by atoms with Crippen molar-refractivity contribution in [1.82, 2.24) is 15.0 Å². The van der Waals surface area contributed by atoms with Crippen molar-refractivity contribution in [3.05, 3.63) is 70.8 Å². The number of nitrogens with one attached hydrogen (secondary N) is 2. The lowest BCUT2D eigenvalue weighted by atomic mass is 10.1. The minimum absolute atomic E-state index is 0.307. The van der Waals surface area contributed by atoms with E-state index in [1.54, 1.807) is 18.3 Å². The van der Waals surface area contributed by atoms with Crippen LogP contribution in [0.3, 0.4) is 0 Å². The highest BCUT2D eigenvalue weighted by atomic mass is 35.5. The van der Waals surface area contributed by atoms with Gasteiger partial charge in [-0.3, -0.25) is 10.1 Å². The van der Waals surface area contributed by atoms with Crippen LogP contribution in [0.1, 0.15) is 36.2 Å². The van der Waals surface area contributed by atoms with Gasteiger partial charge in [0.15, 0.2) is 10.8 Å². The lowest BCUT2D eigenvalue weighted by molar-refractivity contribution is 0.102. The number of carbonyl (C=O) groups is 1. The van der Waals surface area contributed by atoms with Crippen LogP contribution in [0, 0.1) is 0 Å². The summed E-state index contributed by atoms with van der Waals surface area (Å²) in [6.45, 7) is 2.20. The molecule has 0 atom stereocenters. The molecule has 2 aromatic heterocycles. The lowest BCUT2D eigenvalue weighted by Gasteiger charge is -2.22. The number of halogens is 1. The van der Waals surface area contributed by atoms with E-state index in [-0.39, 0.29) is 5.91 Å². The van der Waals surface area contributed by atoms with Crippen molar-refractivity contribution < 1.29 is 4.79 Å². The van der Waals surface area contributed by atoms with E-state index in [2.05, 4.69) is 49.4 Å². The summed E-state index contributed by atoms with van der Waals surface area (Å²) >= 11 is 7.44. The number of rotatable bonds is 5. The highest BCUT2D eigenvalue weighted by Crippen LogP contribution is 2.29. The van der Waals surface area contributed by atoms with Gasteiger partial charge in [-0.2, -0.15) is 0 Å². The van der Waals surface area contributed by atoms with Gasteiger partial charge in [0.05, 0.1) is 5.69 Å². The second-order valence-corrected chi connectivity index (χ2v) is 9.39. The second-order valence-electron chi connectivity index (χ2n) is 8.06. The average Bonchev–Trinajstić information content (AvgIpc) is 3.43. The molecule has 0 aliphatic carbocycles. The average molecular weight is 478 g/mol. The van der Waals surface area contributed by atoms with E-state index >= 15 is 0 Å². The molecule has 0 unspecified atom stereocenters. The maximum atomic E-state index is 13.1. The molecular formula is C25H24ClN5OS. The summed E-state index contributed by atoms with van der Waals surface area (Å²) in [5.41, 5.74) is 3.96. The van der Waals surface area contributed by atoms with Crippen molar-refractivity contribution in [3.63, 3.8) is 0 Å². The quantitative estimate of drug-likeness (QED) is 0.344. The van der Waals surface area contributed by atoms with Gasteiger partial charge in [-0.25, -0.2) is 9.97 Å². The van der Waals surface area contributed by atoms with Crippen LogP contribution in [0.2, 0.25) is 5.02 Å². The van der Waals surface area contributed by atoms with Crippen molar-refractivity contribution in [2.45, 2.75) is 25.7 Å². The maximum absolute atomic E-state index is 13.1. The van der Waals surface area contributed by atoms with Gasteiger partial charge in [-0.15, -0.1) is 11.3 Å². The fourth-order valence-electron chi connectivity index (χ4n) is 4.10. The Morgan fingerprint density at radius 3 is 2.33 bits per heavy atom. The van der Waals surface area contributed by atoms with Gasteiger partial charge in [0.25, 0.3) is 5.91 Å². The summed E-state index contributed by atoms with van der Waals surface area (Å²) in [5, 5.41) is 5.82. The van der Waals surface area contributed by atoms with E-state index in [9.17, 15) is 4.79 Å². The minimum atomic E-state index is -0.307. The predicted molar refractivity (Wildman–Crippen MR) is 135 cm³/mol. The first kappa shape index (κ1) is 21.7. The first-order valence-electron chi connectivity index (χ1n) is 11.1. The number of H-pyrrole nitrogens is 1. The maximum Gasteiger partial charge on any atom is 0.278 e. The van der Waals surface area contributed by atoms with E-state index in [0.29, 0.717) is 27.4 Å². The summed E-state index contributed by atoms with van der Waals surface area (Å²) < 4.78 is 0. The molecule has 1 amide bonds. The molecule has 5 rings (SSSR count). The highest BCUT2D eigenvalue weighted by molar-refractivity contribution is 7.13. The molecule has 3 heterocycles. The molecule has 4 aromatic rings. The Hall–Kier alpha value is -3.16. The van der Waals surface area contributed by atoms with E-state index in [1.807, 2.05) is 17.5 Å². The third-order valence-electron chi connectivity index (χ3n) is 5.82. The van der Waals surface area contributed by atoms with Crippen LogP contribution in [0.4, 0.5) is 10.8 Å². The SMILES string of the molecule is O=C(Nc1nccs1)c1nc(-c2ccc(N3CCCCCC3)cc2)[nH]c1-c1ccc(Cl)cc1. The predicted octanol–water partition coefficient (Wildman–Crippen LogP) is 6.49. The molecule has 0 bridgehead atoms. The number of thiazole rings is 1. The van der Waals surface area contributed by atoms with Crippen LogP contribution in [-0.2, 0) is 0 Å². The fraction of sp³-hybridized carbons (Fsp3) is 0.240. The normalized spacial score (nSPS) is 14.2. The number of hydrogen-bond donors (Lipinski definition) is 2. The molecule has 2 aromatic carbocycles. The van der Waals surface area contributed by atoms with Crippen molar-refractivity contribution in [3.8, 4) is 22.6 Å². The zero-order chi connectivity index (χ0) is 22.6. The van der Waals surface area contributed by atoms with Crippen molar-refractivity contribution in [1.29, 1.82) is 0 Å². The number of benzene rings is 2. The zero-order valence-corrected chi connectivity index (χ0v) is 19.6. The van der Waals surface area contributed by atoms with Crippen LogP contribution in [0.5, 0.6) is 0 Å². The number of amides is 1. The Morgan fingerprint density at radius 1 is 0.970 bits per heavy atom. The summed E-state index contributed by atoms with van der Waals surface area (Å²) in [5.74, 6) is 0.338. The van der Waals surface area contributed by atoms with Gasteiger partial charge in [0.2, 0.25) is 0 Å². The topological polar surface area (TPSA) is 73.9 Å². The molecule has 1 fully saturated rings. The Bertz CT molecular complexity index is 1210. The number of hydrogen-bond acceptors (Lipinski definition) is 5. The van der Waals surface area contributed by atoms with E-state index in [4.69, 9.17) is 11.6 Å². The van der Waals surface area contributed by atoms with Gasteiger partial charge in [0, 0.05) is 46.5 Å². The molecule has 2 N–H and O–H groups in total. The monoisotopic (exact) mass is 477 g/mol. The highest BCUT2D eigenvalue weighted by Gasteiger charge is 2.21. The Labute approximate surface area is 201 Å². The zero-order valence-electron chi connectivity index (χ0n) is 18.1. The van der Waals surface area contributed by atoms with E-state index in [0.717, 1.165) is 24.2 Å². The van der Waals surface area contributed by atoms with Gasteiger partial charge >= 0.3 is 0 Å². The summed E-state index contributed by atoms with van der Waals surface area (Å²) in [7, 11) is 0. The molecule has 1 saturated heterocycles. The molecule has 168 valence electrons. The number of carbonyl (C=O) groups excluding carboxylic acids is 1. The number of imidazole rings is 1. The largest absolute Gasteiger partial charge is 0.372 e. The van der Waals surface area contributed by atoms with Crippen LogP contribution >= 0.6 is 22.9 Å². The third-order valence-corrected chi connectivity index (χ3v) is 6.76. The van der Waals surface area contributed by atoms with Crippen LogP contribution < -0.4 is 10.2 Å². The first-order valence-corrected chi connectivity index (χ1v) is 12.4. The molecule has 0 saturated carbocycles. The van der Waals surface area contributed by atoms with Crippen LogP contribution in [-0.4, -0.2) is 33.9 Å². The van der Waals surface area contributed by atoms with E-state index < -0.39 is 0 Å². The summed E-state index contributed by atoms with van der Waals surface area (Å²) in [4.78, 5) is 27.7. The molecule has 1 aliphatic rings. The van der Waals surface area contributed by atoms with Gasteiger partial charge in [0.1, 0.15) is 5.82 Å². The molecule has 0 spiro atoms. The van der Waals surface area contributed by atoms with Crippen LogP contribution in [0.25, 0.3) is 22.6 Å². The van der Waals surface area contributed by atoms with Gasteiger partial charge < -0.3 is 9.88 Å². The van der Waals surface area contributed by atoms with Crippen molar-refractivity contribution in [2.75, 3.05) is 23.3 Å². The minimum Gasteiger partial charge on any atom is -0.372 e. The standard InChI is InChI=1S/C25H24ClN5OS/c26-19-9-5-17(6-10-19)21-22(24(32)30-25-27-13-16-33-25)29-23(28-21)18-7-11-20(12-8-18)31-14-3-1-2-4-15-31/h5-13,16H,1-4,14-15H2,(H,28,29)(H,27,30,32). The molecular weight excluding hydrogens is 454 g/mol. The second kappa shape index (κ2) is 9.77. The Morgan fingerprint density at radius 2 is 1.67 bits per heavy atom. The third kappa shape index (κ3) is 4.94. The first-order chi connectivity index (χ1) is 16.2. The number of aromatic nitrogens is 3. The van der Waals surface area contributed by atoms with Gasteiger partial charge in [-0.1, -0.05) is 36.6 Å². The van der Waals surface area contributed by atoms with Gasteiger partial charge in [-0.05, 0) is 49.2 Å². The lowest BCUT2D eigenvalue weighted by Crippen LogP contribution is -2.23. The molecule has 6 nitrogen and oxygen atoms in total. The van der Waals surface area contributed by atoms with Crippen LogP contribution in [0.15, 0.2) is 60.1 Å². The molecule has 8 heteroatoms. The van der Waals surface area contributed by atoms with Crippen molar-refractivity contribution in [2.24, 2.45) is 0 Å².